The van der Waals surface area contributed by atoms with Crippen molar-refractivity contribution in [2.24, 2.45) is 0 Å². The van der Waals surface area contributed by atoms with Gasteiger partial charge in [-0.1, -0.05) is 30.7 Å². The lowest BCUT2D eigenvalue weighted by atomic mass is 10.0. The molecule has 0 fully saturated rings. The Labute approximate surface area is 164 Å². The van der Waals surface area contributed by atoms with Crippen LogP contribution in [-0.2, 0) is 17.9 Å². The fraction of sp³-hybridized carbons (Fsp3) is 0.333. The van der Waals surface area contributed by atoms with E-state index in [1.54, 1.807) is 12.1 Å². The molecule has 0 saturated heterocycles. The molecule has 5 nitrogen and oxygen atoms in total. The number of fused-ring (bicyclic) bond motifs is 1. The molecular weight excluding hydrogens is 362 g/mol. The van der Waals surface area contributed by atoms with Gasteiger partial charge in [0.25, 0.3) is 0 Å². The van der Waals surface area contributed by atoms with Crippen molar-refractivity contribution >= 4 is 28.5 Å². The third-order valence-corrected chi connectivity index (χ3v) is 4.83. The van der Waals surface area contributed by atoms with Gasteiger partial charge in [0.05, 0.1) is 11.0 Å². The molecule has 0 radical (unpaired) electrons. The van der Waals surface area contributed by atoms with Crippen molar-refractivity contribution in [2.45, 2.75) is 45.9 Å². The predicted octanol–water partition coefficient (Wildman–Crippen LogP) is 4.57. The normalized spacial score (nSPS) is 11.6. The van der Waals surface area contributed by atoms with Crippen LogP contribution < -0.4 is 10.1 Å². The lowest BCUT2D eigenvalue weighted by Gasteiger charge is -2.24. The highest BCUT2D eigenvalue weighted by molar-refractivity contribution is 6.30. The SMILES string of the molecule is CCC(C)(C)NC(=O)Cn1c(COc2ccc(Cl)cc2)nc2ccccc21. The smallest absolute Gasteiger partial charge is 0.240 e. The number of amides is 1. The van der Waals surface area contributed by atoms with Crippen LogP contribution in [-0.4, -0.2) is 21.0 Å². The fourth-order valence-electron chi connectivity index (χ4n) is 2.74. The second-order valence-corrected chi connectivity index (χ2v) is 7.57. The van der Waals surface area contributed by atoms with Gasteiger partial charge in [0, 0.05) is 10.6 Å². The van der Waals surface area contributed by atoms with E-state index in [4.69, 9.17) is 16.3 Å². The summed E-state index contributed by atoms with van der Waals surface area (Å²) in [6.07, 6.45) is 0.857. The molecule has 3 rings (SSSR count). The highest BCUT2D eigenvalue weighted by Gasteiger charge is 2.20. The minimum absolute atomic E-state index is 0.0438. The summed E-state index contributed by atoms with van der Waals surface area (Å²) >= 11 is 5.91. The topological polar surface area (TPSA) is 56.2 Å². The summed E-state index contributed by atoms with van der Waals surface area (Å²) in [6.45, 7) is 6.55. The van der Waals surface area contributed by atoms with E-state index < -0.39 is 0 Å². The van der Waals surface area contributed by atoms with Crippen LogP contribution in [0.25, 0.3) is 11.0 Å². The largest absolute Gasteiger partial charge is 0.486 e. The number of aromatic nitrogens is 2. The highest BCUT2D eigenvalue weighted by atomic mass is 35.5. The summed E-state index contributed by atoms with van der Waals surface area (Å²) in [5, 5.41) is 3.73. The molecule has 1 N–H and O–H groups in total. The maximum Gasteiger partial charge on any atom is 0.240 e. The summed E-state index contributed by atoms with van der Waals surface area (Å²) in [5.41, 5.74) is 1.51. The molecule has 0 aliphatic heterocycles. The molecule has 0 aliphatic carbocycles. The molecule has 0 spiro atoms. The lowest BCUT2D eigenvalue weighted by molar-refractivity contribution is -0.123. The fourth-order valence-corrected chi connectivity index (χ4v) is 2.87. The third kappa shape index (κ3) is 4.80. The molecular formula is C21H24ClN3O2. The van der Waals surface area contributed by atoms with Crippen molar-refractivity contribution in [3.8, 4) is 5.75 Å². The Morgan fingerprint density at radius 3 is 2.59 bits per heavy atom. The number of para-hydroxylation sites is 2. The van der Waals surface area contributed by atoms with Crippen molar-refractivity contribution in [1.82, 2.24) is 14.9 Å². The molecule has 2 aromatic carbocycles. The van der Waals surface area contributed by atoms with Crippen molar-refractivity contribution < 1.29 is 9.53 Å². The van der Waals surface area contributed by atoms with Gasteiger partial charge in [0.15, 0.2) is 0 Å². The van der Waals surface area contributed by atoms with Crippen molar-refractivity contribution in [3.63, 3.8) is 0 Å². The van der Waals surface area contributed by atoms with E-state index in [1.165, 1.54) is 0 Å². The Morgan fingerprint density at radius 2 is 1.89 bits per heavy atom. The van der Waals surface area contributed by atoms with E-state index in [2.05, 4.69) is 17.2 Å². The van der Waals surface area contributed by atoms with Gasteiger partial charge in [0.1, 0.15) is 24.7 Å². The van der Waals surface area contributed by atoms with Gasteiger partial charge in [0.2, 0.25) is 5.91 Å². The number of nitrogens with one attached hydrogen (secondary N) is 1. The predicted molar refractivity (Wildman–Crippen MR) is 108 cm³/mol. The number of benzene rings is 2. The standard InChI is InChI=1S/C21H24ClN3O2/c1-4-21(2,3)24-20(26)13-25-18-8-6-5-7-17(18)23-19(25)14-27-16-11-9-15(22)10-12-16/h5-12H,4,13-14H2,1-3H3,(H,24,26). The quantitative estimate of drug-likeness (QED) is 0.648. The molecule has 0 bridgehead atoms. The number of imidazole rings is 1. The first kappa shape index (κ1) is 19.2. The lowest BCUT2D eigenvalue weighted by Crippen LogP contribution is -2.44. The Morgan fingerprint density at radius 1 is 1.19 bits per heavy atom. The summed E-state index contributed by atoms with van der Waals surface area (Å²) < 4.78 is 7.76. The zero-order valence-corrected chi connectivity index (χ0v) is 16.6. The number of halogens is 1. The number of rotatable bonds is 7. The molecule has 0 unspecified atom stereocenters. The van der Waals surface area contributed by atoms with Gasteiger partial charge in [-0.15, -0.1) is 0 Å². The average molecular weight is 386 g/mol. The average Bonchev–Trinajstić information content (AvgIpc) is 2.98. The maximum atomic E-state index is 12.6. The van der Waals surface area contributed by atoms with Crippen LogP contribution in [0.4, 0.5) is 0 Å². The molecule has 1 amide bonds. The Kier molecular flexibility index (Phi) is 5.71. The van der Waals surface area contributed by atoms with E-state index in [9.17, 15) is 4.79 Å². The van der Waals surface area contributed by atoms with Crippen LogP contribution in [0.3, 0.4) is 0 Å². The Hall–Kier alpha value is -2.53. The molecule has 0 aliphatic rings. The molecule has 3 aromatic rings. The zero-order chi connectivity index (χ0) is 19.4. The van der Waals surface area contributed by atoms with Crippen LogP contribution in [0.1, 0.15) is 33.0 Å². The van der Waals surface area contributed by atoms with E-state index in [-0.39, 0.29) is 24.6 Å². The monoisotopic (exact) mass is 385 g/mol. The van der Waals surface area contributed by atoms with Crippen LogP contribution in [0, 0.1) is 0 Å². The summed E-state index contributed by atoms with van der Waals surface area (Å²) in [5.74, 6) is 1.36. The molecule has 142 valence electrons. The van der Waals surface area contributed by atoms with Gasteiger partial charge in [-0.25, -0.2) is 4.98 Å². The molecule has 27 heavy (non-hydrogen) atoms. The minimum atomic E-state index is -0.243. The highest BCUT2D eigenvalue weighted by Crippen LogP contribution is 2.20. The summed E-state index contributed by atoms with van der Waals surface area (Å²) in [6, 6.07) is 15.0. The summed E-state index contributed by atoms with van der Waals surface area (Å²) in [7, 11) is 0. The van der Waals surface area contributed by atoms with Gasteiger partial charge in [-0.2, -0.15) is 0 Å². The van der Waals surface area contributed by atoms with E-state index in [0.717, 1.165) is 17.5 Å². The van der Waals surface area contributed by atoms with Gasteiger partial charge in [-0.05, 0) is 56.7 Å². The van der Waals surface area contributed by atoms with Crippen LogP contribution >= 0.6 is 11.6 Å². The molecule has 1 aromatic heterocycles. The van der Waals surface area contributed by atoms with Crippen LogP contribution in [0.5, 0.6) is 5.75 Å². The van der Waals surface area contributed by atoms with Crippen molar-refractivity contribution in [2.75, 3.05) is 0 Å². The number of hydrogen-bond donors (Lipinski definition) is 1. The second-order valence-electron chi connectivity index (χ2n) is 7.13. The van der Waals surface area contributed by atoms with Crippen molar-refractivity contribution in [3.05, 3.63) is 59.4 Å². The number of ether oxygens (including phenoxy) is 1. The molecule has 0 saturated carbocycles. The first-order valence-corrected chi connectivity index (χ1v) is 9.39. The maximum absolute atomic E-state index is 12.6. The Bertz CT molecular complexity index is 932. The van der Waals surface area contributed by atoms with Crippen LogP contribution in [0.2, 0.25) is 5.02 Å². The minimum Gasteiger partial charge on any atom is -0.486 e. The van der Waals surface area contributed by atoms with Crippen molar-refractivity contribution in [1.29, 1.82) is 0 Å². The van der Waals surface area contributed by atoms with Gasteiger partial charge in [-0.3, -0.25) is 4.79 Å². The number of nitrogens with zero attached hydrogens (tertiary/aromatic N) is 2. The Balaban J connectivity index is 1.83. The molecule has 0 atom stereocenters. The van der Waals surface area contributed by atoms with Crippen LogP contribution in [0.15, 0.2) is 48.5 Å². The van der Waals surface area contributed by atoms with Gasteiger partial charge >= 0.3 is 0 Å². The first-order chi connectivity index (χ1) is 12.9. The molecule has 1 heterocycles. The number of carbonyl (C=O) groups is 1. The summed E-state index contributed by atoms with van der Waals surface area (Å²) in [4.78, 5) is 17.2. The van der Waals surface area contributed by atoms with Gasteiger partial charge < -0.3 is 14.6 Å². The van der Waals surface area contributed by atoms with E-state index >= 15 is 0 Å². The molecule has 6 heteroatoms. The second kappa shape index (κ2) is 8.01. The van der Waals surface area contributed by atoms with E-state index in [1.807, 2.05) is 54.8 Å². The third-order valence-electron chi connectivity index (χ3n) is 4.58. The zero-order valence-electron chi connectivity index (χ0n) is 15.8. The first-order valence-electron chi connectivity index (χ1n) is 9.01. The number of hydrogen-bond acceptors (Lipinski definition) is 3. The number of carbonyl (C=O) groups excluding carboxylic acids is 1. The van der Waals surface area contributed by atoms with E-state index in [0.29, 0.717) is 16.6 Å².